The Morgan fingerprint density at radius 1 is 1.14 bits per heavy atom. The maximum Gasteiger partial charge on any atom is 0.115 e. The number of phenolic OH excluding ortho intramolecular Hbond substituents is 1. The van der Waals surface area contributed by atoms with Crippen LogP contribution in [-0.2, 0) is 0 Å². The highest BCUT2D eigenvalue weighted by Gasteiger charge is 2.17. The van der Waals surface area contributed by atoms with Crippen molar-refractivity contribution in [1.82, 2.24) is 4.90 Å². The second-order valence-electron chi connectivity index (χ2n) is 3.74. The zero-order chi connectivity index (χ0) is 10.7. The Labute approximate surface area is 84.6 Å². The highest BCUT2D eigenvalue weighted by Crippen LogP contribution is 2.21. The van der Waals surface area contributed by atoms with Gasteiger partial charge in [0.1, 0.15) is 5.75 Å². The van der Waals surface area contributed by atoms with Crippen molar-refractivity contribution in [3.63, 3.8) is 0 Å². The van der Waals surface area contributed by atoms with Crippen LogP contribution >= 0.6 is 0 Å². The van der Waals surface area contributed by atoms with E-state index in [0.717, 1.165) is 5.56 Å². The number of phenols is 1. The molecule has 0 radical (unpaired) electrons. The normalized spacial score (nSPS) is 15.5. The molecule has 3 nitrogen and oxygen atoms in total. The summed E-state index contributed by atoms with van der Waals surface area (Å²) in [5, 5.41) is 19.0. The van der Waals surface area contributed by atoms with Crippen LogP contribution in [0.2, 0.25) is 0 Å². The average Bonchev–Trinajstić information content (AvgIpc) is 2.16. The van der Waals surface area contributed by atoms with E-state index >= 15 is 0 Å². The van der Waals surface area contributed by atoms with E-state index in [4.69, 9.17) is 5.11 Å². The molecule has 2 N–H and O–H groups in total. The first-order valence-corrected chi connectivity index (χ1v) is 4.66. The second-order valence-corrected chi connectivity index (χ2v) is 3.74. The van der Waals surface area contributed by atoms with Crippen molar-refractivity contribution in [1.29, 1.82) is 0 Å². The molecule has 2 atom stereocenters. The third-order valence-electron chi connectivity index (χ3n) is 2.51. The van der Waals surface area contributed by atoms with E-state index in [1.54, 1.807) is 24.3 Å². The fourth-order valence-corrected chi connectivity index (χ4v) is 1.23. The zero-order valence-electron chi connectivity index (χ0n) is 8.81. The van der Waals surface area contributed by atoms with Gasteiger partial charge in [-0.05, 0) is 38.7 Å². The molecule has 0 saturated heterocycles. The highest BCUT2D eigenvalue weighted by atomic mass is 16.3. The van der Waals surface area contributed by atoms with Crippen LogP contribution in [0.1, 0.15) is 18.6 Å². The van der Waals surface area contributed by atoms with E-state index in [9.17, 15) is 5.11 Å². The highest BCUT2D eigenvalue weighted by molar-refractivity contribution is 5.27. The Hall–Kier alpha value is -1.06. The van der Waals surface area contributed by atoms with Gasteiger partial charge in [-0.1, -0.05) is 12.1 Å². The molecule has 2 unspecified atom stereocenters. The second kappa shape index (κ2) is 4.44. The lowest BCUT2D eigenvalue weighted by atomic mass is 10.0. The Bertz CT molecular complexity index is 282. The van der Waals surface area contributed by atoms with E-state index in [-0.39, 0.29) is 11.8 Å². The summed E-state index contributed by atoms with van der Waals surface area (Å²) >= 11 is 0. The molecule has 14 heavy (non-hydrogen) atoms. The number of hydrogen-bond donors (Lipinski definition) is 2. The fraction of sp³-hybridized carbons (Fsp3) is 0.455. The van der Waals surface area contributed by atoms with Gasteiger partial charge < -0.3 is 15.1 Å². The summed E-state index contributed by atoms with van der Waals surface area (Å²) in [5.41, 5.74) is 0.823. The van der Waals surface area contributed by atoms with Crippen LogP contribution in [-0.4, -0.2) is 35.3 Å². The molecule has 3 heteroatoms. The molecular formula is C11H17NO2. The number of aromatic hydroxyl groups is 1. The molecule has 0 spiro atoms. The summed E-state index contributed by atoms with van der Waals surface area (Å²) in [7, 11) is 3.85. The van der Waals surface area contributed by atoms with Gasteiger partial charge in [0.25, 0.3) is 0 Å². The van der Waals surface area contributed by atoms with Crippen LogP contribution in [0.5, 0.6) is 5.75 Å². The Morgan fingerprint density at radius 3 is 2.07 bits per heavy atom. The summed E-state index contributed by atoms with van der Waals surface area (Å²) < 4.78 is 0. The lowest BCUT2D eigenvalue weighted by Crippen LogP contribution is -2.30. The van der Waals surface area contributed by atoms with Gasteiger partial charge >= 0.3 is 0 Å². The van der Waals surface area contributed by atoms with Crippen LogP contribution in [0.15, 0.2) is 24.3 Å². The number of aliphatic hydroxyl groups excluding tert-OH is 1. The molecule has 0 aromatic heterocycles. The van der Waals surface area contributed by atoms with E-state index in [1.165, 1.54) is 0 Å². The number of rotatable bonds is 3. The van der Waals surface area contributed by atoms with Crippen molar-refractivity contribution >= 4 is 0 Å². The fourth-order valence-electron chi connectivity index (χ4n) is 1.23. The van der Waals surface area contributed by atoms with Crippen LogP contribution in [0.4, 0.5) is 0 Å². The summed E-state index contributed by atoms with van der Waals surface area (Å²) in [6, 6.07) is 6.70. The van der Waals surface area contributed by atoms with Gasteiger partial charge in [-0.3, -0.25) is 0 Å². The number of aliphatic hydroxyl groups is 1. The topological polar surface area (TPSA) is 43.7 Å². The van der Waals surface area contributed by atoms with Crippen LogP contribution < -0.4 is 0 Å². The maximum atomic E-state index is 9.93. The van der Waals surface area contributed by atoms with Crippen molar-refractivity contribution < 1.29 is 10.2 Å². The molecule has 0 bridgehead atoms. The predicted octanol–water partition coefficient (Wildman–Crippen LogP) is 1.38. The van der Waals surface area contributed by atoms with Crippen LogP contribution in [0.3, 0.4) is 0 Å². The van der Waals surface area contributed by atoms with Crippen molar-refractivity contribution in [2.45, 2.75) is 19.1 Å². The Balaban J connectivity index is 2.78. The molecule has 0 amide bonds. The van der Waals surface area contributed by atoms with Crippen LogP contribution in [0.25, 0.3) is 0 Å². The van der Waals surface area contributed by atoms with E-state index in [1.807, 2.05) is 25.9 Å². The number of likely N-dealkylation sites (N-methyl/N-ethyl adjacent to an activating group) is 1. The summed E-state index contributed by atoms with van der Waals surface area (Å²) in [6.45, 7) is 1.96. The van der Waals surface area contributed by atoms with E-state index < -0.39 is 6.10 Å². The zero-order valence-corrected chi connectivity index (χ0v) is 8.81. The van der Waals surface area contributed by atoms with Gasteiger partial charge in [-0.2, -0.15) is 0 Å². The number of nitrogens with zero attached hydrogens (tertiary/aromatic N) is 1. The molecule has 1 rings (SSSR count). The first kappa shape index (κ1) is 11.0. The third-order valence-corrected chi connectivity index (χ3v) is 2.51. The SMILES string of the molecule is CC(C(O)c1ccc(O)cc1)N(C)C. The van der Waals surface area contributed by atoms with Gasteiger partial charge in [-0.15, -0.1) is 0 Å². The van der Waals surface area contributed by atoms with Gasteiger partial charge in [0.2, 0.25) is 0 Å². The Kier molecular flexibility index (Phi) is 3.49. The number of benzene rings is 1. The minimum absolute atomic E-state index is 0.0551. The van der Waals surface area contributed by atoms with Gasteiger partial charge in [0.15, 0.2) is 0 Å². The van der Waals surface area contributed by atoms with Crippen molar-refractivity contribution in [2.75, 3.05) is 14.1 Å². The quantitative estimate of drug-likeness (QED) is 0.765. The van der Waals surface area contributed by atoms with Crippen molar-refractivity contribution in [2.24, 2.45) is 0 Å². The molecule has 0 aliphatic heterocycles. The van der Waals surface area contributed by atoms with Gasteiger partial charge in [0.05, 0.1) is 6.10 Å². The first-order valence-electron chi connectivity index (χ1n) is 4.66. The number of hydrogen-bond acceptors (Lipinski definition) is 3. The molecule has 0 saturated carbocycles. The lowest BCUT2D eigenvalue weighted by Gasteiger charge is -2.25. The van der Waals surface area contributed by atoms with Gasteiger partial charge in [-0.25, -0.2) is 0 Å². The molecule has 1 aromatic rings. The van der Waals surface area contributed by atoms with Crippen molar-refractivity contribution in [3.8, 4) is 5.75 Å². The minimum atomic E-state index is -0.523. The largest absolute Gasteiger partial charge is 0.508 e. The minimum Gasteiger partial charge on any atom is -0.508 e. The monoisotopic (exact) mass is 195 g/mol. The third kappa shape index (κ3) is 2.47. The molecular weight excluding hydrogens is 178 g/mol. The lowest BCUT2D eigenvalue weighted by molar-refractivity contribution is 0.0858. The van der Waals surface area contributed by atoms with Gasteiger partial charge in [0, 0.05) is 6.04 Å². The molecule has 0 aliphatic carbocycles. The van der Waals surface area contributed by atoms with E-state index in [2.05, 4.69) is 0 Å². The van der Waals surface area contributed by atoms with Crippen LogP contribution in [0, 0.1) is 0 Å². The molecule has 78 valence electrons. The summed E-state index contributed by atoms with van der Waals surface area (Å²) in [6.07, 6.45) is -0.523. The summed E-state index contributed by atoms with van der Waals surface area (Å²) in [5.74, 6) is 0.221. The van der Waals surface area contributed by atoms with Crippen molar-refractivity contribution in [3.05, 3.63) is 29.8 Å². The predicted molar refractivity (Wildman–Crippen MR) is 56.2 cm³/mol. The Morgan fingerprint density at radius 2 is 1.64 bits per heavy atom. The first-order chi connectivity index (χ1) is 6.52. The summed E-state index contributed by atoms with van der Waals surface area (Å²) in [4.78, 5) is 1.96. The maximum absolute atomic E-state index is 9.93. The molecule has 0 heterocycles. The molecule has 0 aliphatic rings. The smallest absolute Gasteiger partial charge is 0.115 e. The molecule has 0 fully saturated rings. The molecule has 1 aromatic carbocycles. The average molecular weight is 195 g/mol. The standard InChI is InChI=1S/C11H17NO2/c1-8(12(2)3)11(14)9-4-6-10(13)7-5-9/h4-8,11,13-14H,1-3H3. The van der Waals surface area contributed by atoms with E-state index in [0.29, 0.717) is 0 Å².